The lowest BCUT2D eigenvalue weighted by atomic mass is 9.67. The van der Waals surface area contributed by atoms with Gasteiger partial charge in [-0.2, -0.15) is 10.5 Å². The first-order valence-corrected chi connectivity index (χ1v) is 42.6. The quantitative estimate of drug-likeness (QED) is 0.108. The average Bonchev–Trinajstić information content (AvgIpc) is 1.51. The molecule has 18 aromatic carbocycles. The molecule has 1 spiro atoms. The number of hydrogen-bond acceptors (Lipinski definition) is 6. The molecule has 0 bridgehead atoms. The Labute approximate surface area is 733 Å². The van der Waals surface area contributed by atoms with Gasteiger partial charge in [-0.15, -0.1) is 0 Å². The molecule has 0 N–H and O–H groups in total. The van der Waals surface area contributed by atoms with E-state index < -0.39 is 10.8 Å². The molecule has 2 aromatic heterocycles. The fraction of sp³-hybridized carbons (Fsp3) is 0.0167. The van der Waals surface area contributed by atoms with Gasteiger partial charge in [0.1, 0.15) is 0 Å². The lowest BCUT2D eigenvalue weighted by Gasteiger charge is -2.34. The molecule has 0 aliphatic heterocycles. The van der Waals surface area contributed by atoms with Crippen molar-refractivity contribution < 1.29 is 0 Å². The van der Waals surface area contributed by atoms with Crippen molar-refractivity contribution in [2.75, 3.05) is 0 Å². The molecule has 0 atom stereocenters. The lowest BCUT2D eigenvalue weighted by molar-refractivity contribution is 0.768. The van der Waals surface area contributed by atoms with Crippen LogP contribution >= 0.6 is 0 Å². The summed E-state index contributed by atoms with van der Waals surface area (Å²) in [5.74, 6) is 1.38. The van der Waals surface area contributed by atoms with Crippen molar-refractivity contribution in [2.24, 2.45) is 0 Å². The van der Waals surface area contributed by atoms with Crippen LogP contribution in [-0.2, 0) is 10.8 Å². The van der Waals surface area contributed by atoms with Crippen molar-refractivity contribution in [3.05, 3.63) is 517 Å². The summed E-state index contributed by atoms with van der Waals surface area (Å²) < 4.78 is 0. The van der Waals surface area contributed by atoms with Gasteiger partial charge in [-0.05, 0) is 211 Å². The minimum atomic E-state index is -0.594. The number of rotatable bonds is 14. The summed E-state index contributed by atoms with van der Waals surface area (Å²) >= 11 is 0. The molecule has 3 aliphatic carbocycles. The Kier molecular flexibility index (Phi) is 19.1. The van der Waals surface area contributed by atoms with Gasteiger partial charge in [-0.1, -0.05) is 394 Å². The van der Waals surface area contributed by atoms with Gasteiger partial charge in [0.25, 0.3) is 0 Å². The smallest absolute Gasteiger partial charge is 0.160 e. The molecule has 0 saturated heterocycles. The average molecular weight is 1600 g/mol. The first-order chi connectivity index (χ1) is 62.3. The fourth-order valence-electron chi connectivity index (χ4n) is 19.4. The van der Waals surface area contributed by atoms with Crippen LogP contribution < -0.4 is 0 Å². The first-order valence-electron chi connectivity index (χ1n) is 42.6. The molecule has 0 fully saturated rings. The lowest BCUT2D eigenvalue weighted by Crippen LogP contribution is -2.28. The van der Waals surface area contributed by atoms with Crippen LogP contribution in [0.25, 0.3) is 168 Å². The van der Waals surface area contributed by atoms with Crippen LogP contribution in [0, 0.1) is 22.7 Å². The highest BCUT2D eigenvalue weighted by atomic mass is 14.9. The van der Waals surface area contributed by atoms with E-state index in [0.29, 0.717) is 22.8 Å². The highest BCUT2D eigenvalue weighted by Crippen LogP contribution is 2.64. The summed E-state index contributed by atoms with van der Waals surface area (Å²) in [6.07, 6.45) is 0. The van der Waals surface area contributed by atoms with Gasteiger partial charge in [-0.3, -0.25) is 0 Å². The van der Waals surface area contributed by atoms with Gasteiger partial charge in [0, 0.05) is 33.4 Å². The molecule has 6 heteroatoms. The number of nitriles is 2. The number of nitrogens with zero attached hydrogens (tertiary/aromatic N) is 6. The molecule has 3 aliphatic rings. The predicted octanol–water partition coefficient (Wildman–Crippen LogP) is 29.4. The Morgan fingerprint density at radius 2 is 0.421 bits per heavy atom. The minimum absolute atomic E-state index is 0.489. The highest BCUT2D eigenvalue weighted by Gasteiger charge is 2.52. The van der Waals surface area contributed by atoms with E-state index in [2.05, 4.69) is 413 Å². The molecule has 20 aromatic rings. The van der Waals surface area contributed by atoms with Crippen LogP contribution in [0.5, 0.6) is 0 Å². The van der Waals surface area contributed by atoms with Gasteiger partial charge in [-0.25, -0.2) is 19.9 Å². The SMILES string of the molecule is N#Cc1ccc2c(c1)C(c1ccccc1)(c1ccccc1)c1cc(-c3ccc(-c4cccc(-c5cc(-c6ccccc6)nc(-c6ccc(-c7ccccc7)cc6)n5)c4)cc3)ccc1-2.N#Cc1ccc2c(c1)C1(c3ccccc3-c3ccccc31)c1ccc(-c3ccc(-c4cccc(-c5cc(-c6cccc(-c7ccccc7)c6)nc(-c6ccccc6)n5)c4)cc3)cc1-2. The Bertz CT molecular complexity index is 7580. The van der Waals surface area contributed by atoms with E-state index in [9.17, 15) is 10.5 Å². The van der Waals surface area contributed by atoms with Crippen molar-refractivity contribution >= 4 is 0 Å². The largest absolute Gasteiger partial charge is 0.228 e. The molecular formula is C120H76N6. The van der Waals surface area contributed by atoms with Crippen LogP contribution in [-0.4, -0.2) is 19.9 Å². The summed E-state index contributed by atoms with van der Waals surface area (Å²) in [4.78, 5) is 20.5. The highest BCUT2D eigenvalue weighted by molar-refractivity contribution is 5.97. The van der Waals surface area contributed by atoms with Crippen molar-refractivity contribution in [3.8, 4) is 180 Å². The van der Waals surface area contributed by atoms with Gasteiger partial charge in [0.2, 0.25) is 0 Å². The van der Waals surface area contributed by atoms with Gasteiger partial charge in [0.15, 0.2) is 11.6 Å². The van der Waals surface area contributed by atoms with Crippen molar-refractivity contribution in [1.29, 1.82) is 10.5 Å². The molecule has 2 heterocycles. The summed E-state index contributed by atoms with van der Waals surface area (Å²) in [6, 6.07) is 168. The van der Waals surface area contributed by atoms with Crippen LogP contribution in [0.3, 0.4) is 0 Å². The number of benzene rings is 18. The van der Waals surface area contributed by atoms with Gasteiger partial charge in [0.05, 0.1) is 56.9 Å². The Morgan fingerprint density at radius 1 is 0.159 bits per heavy atom. The summed E-state index contributed by atoms with van der Waals surface area (Å²) in [7, 11) is 0. The van der Waals surface area contributed by atoms with Gasteiger partial charge >= 0.3 is 0 Å². The number of aromatic nitrogens is 4. The maximum absolute atomic E-state index is 10.1. The molecule has 0 unspecified atom stereocenters. The predicted molar refractivity (Wildman–Crippen MR) is 512 cm³/mol. The Morgan fingerprint density at radius 3 is 0.857 bits per heavy atom. The summed E-state index contributed by atoms with van der Waals surface area (Å²) in [5, 5.41) is 20.1. The zero-order valence-corrected chi connectivity index (χ0v) is 68.6. The summed E-state index contributed by atoms with van der Waals surface area (Å²) in [6.45, 7) is 0. The van der Waals surface area contributed by atoms with Crippen LogP contribution in [0.15, 0.2) is 461 Å². The molecule has 126 heavy (non-hydrogen) atoms. The molecular weight excluding hydrogens is 1530 g/mol. The molecule has 0 saturated carbocycles. The van der Waals surface area contributed by atoms with E-state index in [0.717, 1.165) is 123 Å². The third-order valence-electron chi connectivity index (χ3n) is 25.4. The maximum atomic E-state index is 10.1. The standard InChI is InChI=1S/C60H37N3.C60H39N3/c61-38-39-25-31-51-52-36-46(30-32-55(52)60(56(51)33-39)53-23-9-7-21-49(53)50-22-8-10-24-54(50)60)42-28-26-41(27-29-42)45-18-12-20-48(35-45)58-37-57(62-59(63-58)43-15-5-2-6-16-43)47-19-11-17-44(34-47)40-13-3-1-4-14-40;61-40-41-24-34-53-54-35-33-49(38-56(54)60(55(53)36-41,51-20-9-3-10-21-51)52-22-11-4-12-23-52)45-27-25-44(26-28-45)48-18-13-19-50(37-48)58-39-57(46-16-7-2-8-17-46)62-59(63-58)47-31-29-43(30-32-47)42-14-5-1-6-15-42/h1-37H;1-39H. The van der Waals surface area contributed by atoms with Gasteiger partial charge < -0.3 is 0 Å². The minimum Gasteiger partial charge on any atom is -0.228 e. The third kappa shape index (κ3) is 13.3. The molecule has 23 rings (SSSR count). The molecule has 586 valence electrons. The van der Waals surface area contributed by atoms with E-state index in [-0.39, 0.29) is 0 Å². The van der Waals surface area contributed by atoms with E-state index in [1.165, 1.54) is 77.9 Å². The second-order valence-electron chi connectivity index (χ2n) is 32.5. The number of fused-ring (bicyclic) bond motifs is 13. The Balaban J connectivity index is 0.000000149. The fourth-order valence-corrected chi connectivity index (χ4v) is 19.4. The second-order valence-corrected chi connectivity index (χ2v) is 32.5. The monoisotopic (exact) mass is 1600 g/mol. The zero-order chi connectivity index (χ0) is 84.1. The molecule has 0 radical (unpaired) electrons. The second kappa shape index (κ2) is 31.9. The topological polar surface area (TPSA) is 99.1 Å². The third-order valence-corrected chi connectivity index (χ3v) is 25.4. The summed E-state index contributed by atoms with van der Waals surface area (Å²) in [5.41, 5.74) is 40.4. The van der Waals surface area contributed by atoms with Crippen LogP contribution in [0.1, 0.15) is 55.6 Å². The maximum Gasteiger partial charge on any atom is 0.160 e. The van der Waals surface area contributed by atoms with Crippen molar-refractivity contribution in [1.82, 2.24) is 19.9 Å². The molecule has 6 nitrogen and oxygen atoms in total. The zero-order valence-electron chi connectivity index (χ0n) is 68.6. The van der Waals surface area contributed by atoms with E-state index in [4.69, 9.17) is 19.9 Å². The van der Waals surface area contributed by atoms with Crippen LogP contribution in [0.4, 0.5) is 0 Å². The van der Waals surface area contributed by atoms with Crippen molar-refractivity contribution in [3.63, 3.8) is 0 Å². The van der Waals surface area contributed by atoms with E-state index in [1.807, 2.05) is 60.7 Å². The normalized spacial score (nSPS) is 12.4. The number of hydrogen-bond donors (Lipinski definition) is 0. The first kappa shape index (κ1) is 75.3. The molecule has 0 amide bonds. The van der Waals surface area contributed by atoms with Crippen molar-refractivity contribution in [2.45, 2.75) is 10.8 Å². The van der Waals surface area contributed by atoms with E-state index in [1.54, 1.807) is 0 Å². The van der Waals surface area contributed by atoms with E-state index >= 15 is 0 Å². The van der Waals surface area contributed by atoms with Crippen LogP contribution in [0.2, 0.25) is 0 Å². The Hall–Kier alpha value is -16.9.